The fraction of sp³-hybridized carbons (Fsp3) is 0.0714. The van der Waals surface area contributed by atoms with Crippen LogP contribution in [0.2, 0.25) is 0 Å². The van der Waals surface area contributed by atoms with Gasteiger partial charge in [0.25, 0.3) is 0 Å². The number of nitrogens with zero attached hydrogens (tertiary/aromatic N) is 2. The maximum absolute atomic E-state index is 11.8. The van der Waals surface area contributed by atoms with Crippen LogP contribution in [0.3, 0.4) is 0 Å². The van der Waals surface area contributed by atoms with E-state index in [9.17, 15) is 4.79 Å². The van der Waals surface area contributed by atoms with Crippen molar-refractivity contribution < 1.29 is 9.53 Å². The molecule has 0 aliphatic rings. The molecule has 0 bridgehead atoms. The Labute approximate surface area is 133 Å². The highest BCUT2D eigenvalue weighted by Crippen LogP contribution is 2.31. The Kier molecular flexibility index (Phi) is 4.12. The lowest BCUT2D eigenvalue weighted by Gasteiger charge is -2.04. The Hall–Kier alpha value is -1.99. The Bertz CT molecular complexity index is 776. The number of hydrogen-bond acceptors (Lipinski definition) is 5. The van der Waals surface area contributed by atoms with Crippen LogP contribution in [-0.4, -0.2) is 16.1 Å². The molecule has 0 atom stereocenters. The van der Waals surface area contributed by atoms with E-state index < -0.39 is 6.09 Å². The number of halogens is 1. The Morgan fingerprint density at radius 2 is 2.10 bits per heavy atom. The van der Waals surface area contributed by atoms with Gasteiger partial charge in [0.05, 0.1) is 15.4 Å². The van der Waals surface area contributed by atoms with Crippen LogP contribution < -0.4 is 5.32 Å². The zero-order valence-electron chi connectivity index (χ0n) is 10.7. The number of hydrogen-bond donors (Lipinski definition) is 1. The third-order valence-corrected chi connectivity index (χ3v) is 4.56. The molecule has 1 aromatic carbocycles. The Morgan fingerprint density at radius 3 is 2.86 bits per heavy atom. The van der Waals surface area contributed by atoms with Crippen LogP contribution in [-0.2, 0) is 11.3 Å². The van der Waals surface area contributed by atoms with Gasteiger partial charge < -0.3 is 4.74 Å². The molecule has 0 radical (unpaired) electrons. The summed E-state index contributed by atoms with van der Waals surface area (Å²) in [7, 11) is 0. The highest BCUT2D eigenvalue weighted by Gasteiger charge is 2.10. The summed E-state index contributed by atoms with van der Waals surface area (Å²) in [5.74, 6) is 0. The minimum atomic E-state index is -0.526. The van der Waals surface area contributed by atoms with Crippen LogP contribution in [0, 0.1) is 0 Å². The van der Waals surface area contributed by atoms with Gasteiger partial charge in [0.15, 0.2) is 5.13 Å². The molecule has 0 saturated carbocycles. The summed E-state index contributed by atoms with van der Waals surface area (Å²) in [5.41, 5.74) is 1.66. The van der Waals surface area contributed by atoms with E-state index in [1.807, 2.05) is 30.3 Å². The molecule has 3 aromatic rings. The summed E-state index contributed by atoms with van der Waals surface area (Å²) in [6.45, 7) is 0.225. The number of aromatic nitrogens is 2. The van der Waals surface area contributed by atoms with Gasteiger partial charge in [-0.1, -0.05) is 41.7 Å². The number of thiazole rings is 1. The van der Waals surface area contributed by atoms with E-state index in [-0.39, 0.29) is 6.61 Å². The lowest BCUT2D eigenvalue weighted by molar-refractivity contribution is 0.155. The second kappa shape index (κ2) is 6.19. The van der Waals surface area contributed by atoms with Crippen LogP contribution in [0.25, 0.3) is 10.2 Å². The van der Waals surface area contributed by atoms with Crippen LogP contribution in [0.4, 0.5) is 9.93 Å². The minimum absolute atomic E-state index is 0.225. The average molecular weight is 364 g/mol. The summed E-state index contributed by atoms with van der Waals surface area (Å²) >= 11 is 4.77. The molecule has 1 N–H and O–H groups in total. The van der Waals surface area contributed by atoms with Crippen molar-refractivity contribution in [3.05, 3.63) is 52.8 Å². The van der Waals surface area contributed by atoms with Gasteiger partial charge in [0.2, 0.25) is 0 Å². The molecule has 3 rings (SSSR count). The standard InChI is InChI=1S/C14H10BrN3O2S/c15-10-6-16-7-11-12(10)21-13(17-11)18-14(19)20-8-9-4-2-1-3-5-9/h1-7H,8H2,(H,17,18,19). The van der Waals surface area contributed by atoms with Crippen molar-refractivity contribution in [1.82, 2.24) is 9.97 Å². The number of pyridine rings is 1. The minimum Gasteiger partial charge on any atom is -0.444 e. The van der Waals surface area contributed by atoms with Crippen molar-refractivity contribution in [2.45, 2.75) is 6.61 Å². The van der Waals surface area contributed by atoms with Gasteiger partial charge in [-0.05, 0) is 21.5 Å². The second-order valence-corrected chi connectivity index (χ2v) is 6.03. The highest BCUT2D eigenvalue weighted by molar-refractivity contribution is 9.10. The van der Waals surface area contributed by atoms with Gasteiger partial charge >= 0.3 is 6.09 Å². The van der Waals surface area contributed by atoms with E-state index in [1.54, 1.807) is 12.4 Å². The first-order valence-corrected chi connectivity index (χ1v) is 7.71. The normalized spacial score (nSPS) is 10.5. The van der Waals surface area contributed by atoms with Crippen molar-refractivity contribution in [2.24, 2.45) is 0 Å². The van der Waals surface area contributed by atoms with Crippen molar-refractivity contribution in [3.63, 3.8) is 0 Å². The average Bonchev–Trinajstić information content (AvgIpc) is 2.90. The summed E-state index contributed by atoms with van der Waals surface area (Å²) in [4.78, 5) is 20.1. The maximum Gasteiger partial charge on any atom is 0.413 e. The molecule has 0 saturated heterocycles. The Morgan fingerprint density at radius 1 is 1.29 bits per heavy atom. The molecule has 7 heteroatoms. The largest absolute Gasteiger partial charge is 0.444 e. The number of ether oxygens (including phenoxy) is 1. The van der Waals surface area contributed by atoms with E-state index in [0.29, 0.717) is 5.13 Å². The molecule has 21 heavy (non-hydrogen) atoms. The van der Waals surface area contributed by atoms with Gasteiger partial charge in [-0.25, -0.2) is 9.78 Å². The highest BCUT2D eigenvalue weighted by atomic mass is 79.9. The molecule has 2 aromatic heterocycles. The quantitative estimate of drug-likeness (QED) is 0.757. The third-order valence-electron chi connectivity index (χ3n) is 2.68. The molecule has 5 nitrogen and oxygen atoms in total. The van der Waals surface area contributed by atoms with Crippen molar-refractivity contribution in [1.29, 1.82) is 0 Å². The van der Waals surface area contributed by atoms with Gasteiger partial charge in [-0.15, -0.1) is 0 Å². The monoisotopic (exact) mass is 363 g/mol. The molecular formula is C14H10BrN3O2S. The number of rotatable bonds is 3. The molecule has 2 heterocycles. The molecule has 0 fully saturated rings. The number of carbonyl (C=O) groups is 1. The van der Waals surface area contributed by atoms with Crippen LogP contribution >= 0.6 is 27.3 Å². The van der Waals surface area contributed by atoms with Crippen molar-refractivity contribution in [3.8, 4) is 0 Å². The van der Waals surface area contributed by atoms with Crippen molar-refractivity contribution in [2.75, 3.05) is 5.32 Å². The number of benzene rings is 1. The molecule has 0 aliphatic carbocycles. The SMILES string of the molecule is O=C(Nc1nc2cncc(Br)c2s1)OCc1ccccc1. The summed E-state index contributed by atoms with van der Waals surface area (Å²) in [6, 6.07) is 9.50. The summed E-state index contributed by atoms with van der Waals surface area (Å²) < 4.78 is 6.93. The van der Waals surface area contributed by atoms with E-state index in [2.05, 4.69) is 31.2 Å². The van der Waals surface area contributed by atoms with Gasteiger partial charge in [0.1, 0.15) is 12.1 Å². The van der Waals surface area contributed by atoms with Gasteiger partial charge in [-0.2, -0.15) is 0 Å². The summed E-state index contributed by atoms with van der Waals surface area (Å²) in [6.07, 6.45) is 2.82. The van der Waals surface area contributed by atoms with Gasteiger partial charge in [-0.3, -0.25) is 10.3 Å². The van der Waals surface area contributed by atoms with Crippen molar-refractivity contribution >= 4 is 48.7 Å². The Balaban J connectivity index is 1.65. The lowest BCUT2D eigenvalue weighted by atomic mass is 10.2. The smallest absolute Gasteiger partial charge is 0.413 e. The first-order chi connectivity index (χ1) is 10.2. The lowest BCUT2D eigenvalue weighted by Crippen LogP contribution is -2.13. The van der Waals surface area contributed by atoms with Crippen LogP contribution in [0.15, 0.2) is 47.2 Å². The number of anilines is 1. The molecule has 0 unspecified atom stereocenters. The first kappa shape index (κ1) is 14.0. The van der Waals surface area contributed by atoms with E-state index in [1.165, 1.54) is 11.3 Å². The zero-order valence-corrected chi connectivity index (χ0v) is 13.1. The van der Waals surface area contributed by atoms with Crippen LogP contribution in [0.5, 0.6) is 0 Å². The topological polar surface area (TPSA) is 64.1 Å². The molecule has 0 aliphatic heterocycles. The predicted octanol–water partition coefficient (Wildman–Crippen LogP) is 4.20. The fourth-order valence-electron chi connectivity index (χ4n) is 1.72. The molecular weight excluding hydrogens is 354 g/mol. The fourth-order valence-corrected chi connectivity index (χ4v) is 3.11. The molecule has 1 amide bonds. The summed E-state index contributed by atoms with van der Waals surface area (Å²) in [5, 5.41) is 3.11. The number of nitrogens with one attached hydrogen (secondary N) is 1. The van der Waals surface area contributed by atoms with Gasteiger partial charge in [0, 0.05) is 6.20 Å². The number of carbonyl (C=O) groups excluding carboxylic acids is 1. The number of amides is 1. The van der Waals surface area contributed by atoms with E-state index in [0.717, 1.165) is 20.3 Å². The first-order valence-electron chi connectivity index (χ1n) is 6.10. The predicted molar refractivity (Wildman–Crippen MR) is 85.4 cm³/mol. The van der Waals surface area contributed by atoms with E-state index in [4.69, 9.17) is 4.74 Å². The van der Waals surface area contributed by atoms with Crippen LogP contribution in [0.1, 0.15) is 5.56 Å². The number of fused-ring (bicyclic) bond motifs is 1. The second-order valence-electron chi connectivity index (χ2n) is 4.18. The third kappa shape index (κ3) is 3.37. The molecule has 106 valence electrons. The zero-order chi connectivity index (χ0) is 14.7. The molecule has 0 spiro atoms. The van der Waals surface area contributed by atoms with E-state index >= 15 is 0 Å². The maximum atomic E-state index is 11.8.